The Morgan fingerprint density at radius 3 is 2.21 bits per heavy atom. The van der Waals surface area contributed by atoms with Gasteiger partial charge in [-0.25, -0.2) is 9.79 Å². The van der Waals surface area contributed by atoms with Crippen LogP contribution in [0.3, 0.4) is 0 Å². The smallest absolute Gasteiger partial charge is 0.235 e. The molecular weight excluding hydrogens is 244 g/mol. The van der Waals surface area contributed by atoms with Gasteiger partial charge in [-0.3, -0.25) is 14.5 Å². The fourth-order valence-corrected chi connectivity index (χ4v) is 2.90. The van der Waals surface area contributed by atoms with E-state index in [9.17, 15) is 14.4 Å². The van der Waals surface area contributed by atoms with Gasteiger partial charge in [0.25, 0.3) is 0 Å². The zero-order valence-corrected chi connectivity index (χ0v) is 11.7. The van der Waals surface area contributed by atoms with Crippen LogP contribution in [0.4, 0.5) is 0 Å². The molecule has 1 heterocycles. The van der Waals surface area contributed by atoms with E-state index in [1.807, 2.05) is 20.8 Å². The average Bonchev–Trinajstić information content (AvgIpc) is 2.76. The van der Waals surface area contributed by atoms with Crippen molar-refractivity contribution in [2.24, 2.45) is 22.2 Å². The lowest BCUT2D eigenvalue weighted by molar-refractivity contribution is -0.153. The van der Waals surface area contributed by atoms with Crippen LogP contribution in [-0.2, 0) is 14.4 Å². The van der Waals surface area contributed by atoms with Gasteiger partial charge < -0.3 is 0 Å². The van der Waals surface area contributed by atoms with Crippen LogP contribution >= 0.6 is 0 Å². The quantitative estimate of drug-likeness (QED) is 0.441. The molecule has 19 heavy (non-hydrogen) atoms. The summed E-state index contributed by atoms with van der Waals surface area (Å²) in [4.78, 5) is 40.1. The van der Waals surface area contributed by atoms with Gasteiger partial charge in [0.2, 0.25) is 17.9 Å². The fraction of sp³-hybridized carbons (Fsp3) is 0.786. The Balaban J connectivity index is 2.19. The highest BCUT2D eigenvalue weighted by atomic mass is 16.2. The van der Waals surface area contributed by atoms with Gasteiger partial charge in [-0.2, -0.15) is 0 Å². The largest absolute Gasteiger partial charge is 0.280 e. The molecule has 1 aliphatic heterocycles. The molecule has 2 aliphatic rings. The highest BCUT2D eigenvalue weighted by Crippen LogP contribution is 2.38. The molecule has 1 saturated heterocycles. The van der Waals surface area contributed by atoms with E-state index in [1.165, 1.54) is 4.90 Å². The minimum atomic E-state index is -0.393. The molecule has 0 radical (unpaired) electrons. The van der Waals surface area contributed by atoms with Gasteiger partial charge in [-0.1, -0.05) is 20.8 Å². The van der Waals surface area contributed by atoms with Crippen LogP contribution in [0.1, 0.15) is 40.0 Å². The number of hydrogen-bond acceptors (Lipinski definition) is 4. The number of piperidine rings is 1. The molecule has 5 nitrogen and oxygen atoms in total. The van der Waals surface area contributed by atoms with Crippen molar-refractivity contribution in [3.8, 4) is 0 Å². The van der Waals surface area contributed by atoms with Crippen molar-refractivity contribution in [1.29, 1.82) is 0 Å². The normalized spacial score (nSPS) is 28.3. The van der Waals surface area contributed by atoms with Crippen molar-refractivity contribution in [1.82, 2.24) is 4.90 Å². The lowest BCUT2D eigenvalue weighted by atomic mass is 9.86. The summed E-state index contributed by atoms with van der Waals surface area (Å²) in [6.45, 7) is 6.01. The Labute approximate surface area is 113 Å². The van der Waals surface area contributed by atoms with Crippen molar-refractivity contribution in [2.75, 3.05) is 6.54 Å². The zero-order chi connectivity index (χ0) is 14.2. The number of aliphatic imine (C=N–C) groups is 1. The number of fused-ring (bicyclic) bond motifs is 2. The van der Waals surface area contributed by atoms with Crippen LogP contribution in [-0.4, -0.2) is 35.4 Å². The number of nitrogens with zero attached hydrogens (tertiary/aromatic N) is 2. The minimum Gasteiger partial charge on any atom is -0.280 e. The highest BCUT2D eigenvalue weighted by molar-refractivity contribution is 6.00. The molecule has 2 fully saturated rings. The third-order valence-electron chi connectivity index (χ3n) is 4.23. The summed E-state index contributed by atoms with van der Waals surface area (Å²) < 4.78 is 0. The Morgan fingerprint density at radius 2 is 1.79 bits per heavy atom. The molecule has 0 spiro atoms. The topological polar surface area (TPSA) is 66.8 Å². The van der Waals surface area contributed by atoms with Gasteiger partial charge >= 0.3 is 0 Å². The average molecular weight is 264 g/mol. The number of imide groups is 1. The van der Waals surface area contributed by atoms with Gasteiger partial charge in [0.05, 0.1) is 12.6 Å². The van der Waals surface area contributed by atoms with Crippen molar-refractivity contribution >= 4 is 17.9 Å². The van der Waals surface area contributed by atoms with Crippen molar-refractivity contribution < 1.29 is 14.4 Å². The first-order valence-corrected chi connectivity index (χ1v) is 6.76. The van der Waals surface area contributed by atoms with Gasteiger partial charge in [0.15, 0.2) is 0 Å². The summed E-state index contributed by atoms with van der Waals surface area (Å²) in [5, 5.41) is 0. The Morgan fingerprint density at radius 1 is 1.26 bits per heavy atom. The number of carbonyl (C=O) groups excluding carboxylic acids is 3. The van der Waals surface area contributed by atoms with Crippen LogP contribution in [0.25, 0.3) is 0 Å². The summed E-state index contributed by atoms with van der Waals surface area (Å²) in [6.07, 6.45) is 3.87. The van der Waals surface area contributed by atoms with Gasteiger partial charge in [0, 0.05) is 11.8 Å². The molecule has 5 heteroatoms. The molecule has 104 valence electrons. The maximum Gasteiger partial charge on any atom is 0.235 e. The fourth-order valence-electron chi connectivity index (χ4n) is 2.90. The molecule has 0 aromatic rings. The molecule has 1 aliphatic carbocycles. The van der Waals surface area contributed by atoms with Crippen molar-refractivity contribution in [2.45, 2.75) is 46.1 Å². The number of hydrogen-bond donors (Lipinski definition) is 0. The van der Waals surface area contributed by atoms with E-state index in [2.05, 4.69) is 4.99 Å². The van der Waals surface area contributed by atoms with E-state index in [-0.39, 0.29) is 35.6 Å². The maximum absolute atomic E-state index is 12.2. The van der Waals surface area contributed by atoms with Crippen LogP contribution in [0.5, 0.6) is 0 Å². The number of rotatable bonds is 3. The van der Waals surface area contributed by atoms with Crippen LogP contribution < -0.4 is 0 Å². The lowest BCUT2D eigenvalue weighted by Gasteiger charge is -2.35. The summed E-state index contributed by atoms with van der Waals surface area (Å²) in [7, 11) is 0. The Hall–Kier alpha value is -1.48. The van der Waals surface area contributed by atoms with Crippen molar-refractivity contribution in [3.63, 3.8) is 0 Å². The van der Waals surface area contributed by atoms with E-state index in [1.54, 1.807) is 6.08 Å². The second-order valence-corrected chi connectivity index (χ2v) is 6.60. The molecule has 0 aromatic carbocycles. The second kappa shape index (κ2) is 4.89. The molecule has 3 atom stereocenters. The van der Waals surface area contributed by atoms with Crippen LogP contribution in [0, 0.1) is 17.3 Å². The first-order valence-electron chi connectivity index (χ1n) is 6.76. The molecule has 2 bridgehead atoms. The first-order chi connectivity index (χ1) is 8.84. The predicted octanol–water partition coefficient (Wildman–Crippen LogP) is 1.52. The summed E-state index contributed by atoms with van der Waals surface area (Å²) >= 11 is 0. The number of amides is 2. The Kier molecular flexibility index (Phi) is 3.59. The lowest BCUT2D eigenvalue weighted by Crippen LogP contribution is -2.50. The zero-order valence-electron chi connectivity index (χ0n) is 11.7. The van der Waals surface area contributed by atoms with Gasteiger partial charge in [-0.05, 0) is 24.7 Å². The molecule has 2 rings (SSSR count). The second-order valence-electron chi connectivity index (χ2n) is 6.60. The number of carbonyl (C=O) groups is 2. The van der Waals surface area contributed by atoms with E-state index in [0.717, 1.165) is 12.8 Å². The SMILES string of the molecule is CC(C)(C)[C@@H](CN1C(=O)C2CCC(C2)C1=O)N=C=O. The van der Waals surface area contributed by atoms with E-state index >= 15 is 0 Å². The third-order valence-corrected chi connectivity index (χ3v) is 4.23. The minimum absolute atomic E-state index is 0.0106. The first kappa shape index (κ1) is 13.9. The summed E-state index contributed by atoms with van der Waals surface area (Å²) in [5.41, 5.74) is -0.283. The molecule has 2 unspecified atom stereocenters. The van der Waals surface area contributed by atoms with Gasteiger partial charge in [0.1, 0.15) is 0 Å². The monoisotopic (exact) mass is 264 g/mol. The molecule has 0 N–H and O–H groups in total. The molecule has 2 amide bonds. The van der Waals surface area contributed by atoms with Gasteiger partial charge in [-0.15, -0.1) is 0 Å². The van der Waals surface area contributed by atoms with Crippen LogP contribution in [0.15, 0.2) is 4.99 Å². The predicted molar refractivity (Wildman–Crippen MR) is 68.9 cm³/mol. The number of isocyanates is 1. The summed E-state index contributed by atoms with van der Waals surface area (Å²) in [5.74, 6) is -0.199. The molecule has 1 saturated carbocycles. The van der Waals surface area contributed by atoms with Crippen molar-refractivity contribution in [3.05, 3.63) is 0 Å². The van der Waals surface area contributed by atoms with E-state index in [4.69, 9.17) is 0 Å². The van der Waals surface area contributed by atoms with E-state index < -0.39 is 6.04 Å². The summed E-state index contributed by atoms with van der Waals surface area (Å²) in [6, 6.07) is -0.393. The van der Waals surface area contributed by atoms with Crippen LogP contribution in [0.2, 0.25) is 0 Å². The maximum atomic E-state index is 12.2. The third kappa shape index (κ3) is 2.61. The standard InChI is InChI=1S/C14H20N2O3/c1-14(2,3)11(15-8-17)7-16-12(18)9-4-5-10(6-9)13(16)19/h9-11H,4-7H2,1-3H3/t9?,10?,11-/m1/s1. The number of likely N-dealkylation sites (tertiary alicyclic amines) is 1. The van der Waals surface area contributed by atoms with E-state index in [0.29, 0.717) is 6.42 Å². The molecular formula is C14H20N2O3. The molecule has 0 aromatic heterocycles. The highest BCUT2D eigenvalue weighted by Gasteiger charge is 2.46. The Bertz CT molecular complexity index is 424.